The summed E-state index contributed by atoms with van der Waals surface area (Å²) in [6.07, 6.45) is 3.18. The Morgan fingerprint density at radius 2 is 2.20 bits per heavy atom. The molecule has 0 saturated heterocycles. The number of hydrogen-bond acceptors (Lipinski definition) is 4. The van der Waals surface area contributed by atoms with E-state index in [4.69, 9.17) is 0 Å². The molecular formula is C10H12N4O. The van der Waals surface area contributed by atoms with E-state index < -0.39 is 0 Å². The molecule has 0 aliphatic rings. The SMILES string of the molecule is CC(=O)c1cnc2nc(C(C)C)nn2c1. The fourth-order valence-corrected chi connectivity index (χ4v) is 1.22. The first-order chi connectivity index (χ1) is 7.08. The second-order valence-electron chi connectivity index (χ2n) is 3.77. The highest BCUT2D eigenvalue weighted by Crippen LogP contribution is 2.10. The van der Waals surface area contributed by atoms with Crippen LogP contribution < -0.4 is 0 Å². The van der Waals surface area contributed by atoms with Crippen LogP contribution >= 0.6 is 0 Å². The average Bonchev–Trinajstić information content (AvgIpc) is 2.59. The van der Waals surface area contributed by atoms with Crippen LogP contribution in [0.4, 0.5) is 0 Å². The number of nitrogens with zero attached hydrogens (tertiary/aromatic N) is 4. The van der Waals surface area contributed by atoms with Crippen LogP contribution in [0.5, 0.6) is 0 Å². The summed E-state index contributed by atoms with van der Waals surface area (Å²) in [6, 6.07) is 0. The largest absolute Gasteiger partial charge is 0.294 e. The molecule has 2 aromatic heterocycles. The van der Waals surface area contributed by atoms with Gasteiger partial charge >= 0.3 is 0 Å². The van der Waals surface area contributed by atoms with E-state index >= 15 is 0 Å². The van der Waals surface area contributed by atoms with Crippen LogP contribution in [0.3, 0.4) is 0 Å². The van der Waals surface area contributed by atoms with Crippen molar-refractivity contribution in [3.8, 4) is 0 Å². The van der Waals surface area contributed by atoms with Gasteiger partial charge in [0.05, 0.1) is 5.56 Å². The lowest BCUT2D eigenvalue weighted by Gasteiger charge is -1.94. The summed E-state index contributed by atoms with van der Waals surface area (Å²) in [7, 11) is 0. The fraction of sp³-hybridized carbons (Fsp3) is 0.400. The fourth-order valence-electron chi connectivity index (χ4n) is 1.22. The number of carbonyl (C=O) groups is 1. The van der Waals surface area contributed by atoms with Crippen LogP contribution in [0.1, 0.15) is 42.9 Å². The zero-order chi connectivity index (χ0) is 11.0. The van der Waals surface area contributed by atoms with E-state index in [9.17, 15) is 4.79 Å². The molecule has 78 valence electrons. The van der Waals surface area contributed by atoms with Crippen molar-refractivity contribution in [2.24, 2.45) is 0 Å². The number of rotatable bonds is 2. The minimum absolute atomic E-state index is 0.0222. The van der Waals surface area contributed by atoms with Gasteiger partial charge in [0.25, 0.3) is 5.78 Å². The first kappa shape index (κ1) is 9.76. The highest BCUT2D eigenvalue weighted by atomic mass is 16.1. The first-order valence-electron chi connectivity index (χ1n) is 4.81. The second-order valence-corrected chi connectivity index (χ2v) is 3.77. The lowest BCUT2D eigenvalue weighted by Crippen LogP contribution is -1.99. The molecule has 0 bridgehead atoms. The number of hydrogen-bond donors (Lipinski definition) is 0. The highest BCUT2D eigenvalue weighted by Gasteiger charge is 2.09. The summed E-state index contributed by atoms with van der Waals surface area (Å²) in [6.45, 7) is 5.53. The van der Waals surface area contributed by atoms with Crippen LogP contribution in [0.2, 0.25) is 0 Å². The summed E-state index contributed by atoms with van der Waals surface area (Å²) in [5.41, 5.74) is 0.544. The smallest absolute Gasteiger partial charge is 0.252 e. The molecule has 0 aromatic carbocycles. The molecule has 2 rings (SSSR count). The molecule has 0 fully saturated rings. The Labute approximate surface area is 87.2 Å². The Hall–Kier alpha value is -1.78. The summed E-state index contributed by atoms with van der Waals surface area (Å²) in [5, 5.41) is 4.25. The van der Waals surface area contributed by atoms with E-state index in [1.807, 2.05) is 13.8 Å². The Bertz CT molecular complexity index is 515. The molecule has 2 heterocycles. The lowest BCUT2D eigenvalue weighted by molar-refractivity contribution is 0.101. The number of aromatic nitrogens is 4. The Balaban J connectivity index is 2.57. The molecule has 2 aromatic rings. The maximum Gasteiger partial charge on any atom is 0.252 e. The van der Waals surface area contributed by atoms with Gasteiger partial charge in [-0.25, -0.2) is 9.50 Å². The molecule has 0 unspecified atom stereocenters. The lowest BCUT2D eigenvalue weighted by atomic mass is 10.2. The monoisotopic (exact) mass is 204 g/mol. The Kier molecular flexibility index (Phi) is 2.22. The molecule has 0 spiro atoms. The number of Topliss-reactive ketones (excluding diaryl/α,β-unsaturated/α-hetero) is 1. The minimum Gasteiger partial charge on any atom is -0.294 e. The van der Waals surface area contributed by atoms with Crippen molar-refractivity contribution in [1.82, 2.24) is 19.6 Å². The van der Waals surface area contributed by atoms with Gasteiger partial charge in [-0.1, -0.05) is 13.8 Å². The van der Waals surface area contributed by atoms with E-state index in [0.717, 1.165) is 5.82 Å². The van der Waals surface area contributed by atoms with Gasteiger partial charge < -0.3 is 0 Å². The maximum atomic E-state index is 11.1. The van der Waals surface area contributed by atoms with Crippen LogP contribution in [-0.2, 0) is 0 Å². The molecule has 0 N–H and O–H groups in total. The molecular weight excluding hydrogens is 192 g/mol. The van der Waals surface area contributed by atoms with Crippen LogP contribution in [0.25, 0.3) is 5.78 Å². The van der Waals surface area contributed by atoms with E-state index in [0.29, 0.717) is 11.3 Å². The first-order valence-corrected chi connectivity index (χ1v) is 4.81. The number of carbonyl (C=O) groups excluding carboxylic acids is 1. The summed E-state index contributed by atoms with van der Waals surface area (Å²) < 4.78 is 1.55. The van der Waals surface area contributed by atoms with Gasteiger partial charge in [-0.15, -0.1) is 5.10 Å². The standard InChI is InChI=1S/C10H12N4O/c1-6(2)9-12-10-11-4-8(7(3)15)5-14(10)13-9/h4-6H,1-3H3. The van der Waals surface area contributed by atoms with Crippen LogP contribution in [-0.4, -0.2) is 25.4 Å². The van der Waals surface area contributed by atoms with Crippen LogP contribution in [0.15, 0.2) is 12.4 Å². The topological polar surface area (TPSA) is 60.2 Å². The highest BCUT2D eigenvalue weighted by molar-refractivity contribution is 5.93. The predicted octanol–water partition coefficient (Wildman–Crippen LogP) is 1.45. The van der Waals surface area contributed by atoms with Gasteiger partial charge in [0.1, 0.15) is 0 Å². The molecule has 0 radical (unpaired) electrons. The van der Waals surface area contributed by atoms with Crippen molar-refractivity contribution in [2.45, 2.75) is 26.7 Å². The molecule has 0 amide bonds. The van der Waals surface area contributed by atoms with Gasteiger partial charge in [0.15, 0.2) is 11.6 Å². The summed E-state index contributed by atoms with van der Waals surface area (Å²) >= 11 is 0. The molecule has 15 heavy (non-hydrogen) atoms. The van der Waals surface area contributed by atoms with Gasteiger partial charge in [0, 0.05) is 18.3 Å². The zero-order valence-electron chi connectivity index (χ0n) is 8.93. The van der Waals surface area contributed by atoms with Crippen molar-refractivity contribution < 1.29 is 4.79 Å². The van der Waals surface area contributed by atoms with Gasteiger partial charge in [-0.3, -0.25) is 4.79 Å². The Morgan fingerprint density at radius 3 is 2.80 bits per heavy atom. The van der Waals surface area contributed by atoms with E-state index in [1.54, 1.807) is 10.7 Å². The van der Waals surface area contributed by atoms with Crippen molar-refractivity contribution in [2.75, 3.05) is 0 Å². The Morgan fingerprint density at radius 1 is 1.47 bits per heavy atom. The van der Waals surface area contributed by atoms with E-state index in [2.05, 4.69) is 15.1 Å². The molecule has 0 saturated carbocycles. The maximum absolute atomic E-state index is 11.1. The molecule has 5 heteroatoms. The summed E-state index contributed by atoms with van der Waals surface area (Å²) in [4.78, 5) is 19.4. The normalized spacial score (nSPS) is 11.2. The average molecular weight is 204 g/mol. The van der Waals surface area contributed by atoms with Crippen LogP contribution in [0, 0.1) is 0 Å². The third-order valence-electron chi connectivity index (χ3n) is 2.13. The molecule has 0 atom stereocenters. The van der Waals surface area contributed by atoms with Gasteiger partial charge in [0.2, 0.25) is 0 Å². The van der Waals surface area contributed by atoms with Crippen molar-refractivity contribution in [1.29, 1.82) is 0 Å². The van der Waals surface area contributed by atoms with Crippen molar-refractivity contribution in [3.05, 3.63) is 23.8 Å². The van der Waals surface area contributed by atoms with Crippen molar-refractivity contribution in [3.63, 3.8) is 0 Å². The van der Waals surface area contributed by atoms with E-state index in [-0.39, 0.29) is 11.7 Å². The van der Waals surface area contributed by atoms with Gasteiger partial charge in [-0.2, -0.15) is 4.98 Å². The summed E-state index contributed by atoms with van der Waals surface area (Å²) in [5.74, 6) is 1.50. The third kappa shape index (κ3) is 1.72. The number of ketones is 1. The zero-order valence-corrected chi connectivity index (χ0v) is 8.93. The van der Waals surface area contributed by atoms with Gasteiger partial charge in [-0.05, 0) is 6.92 Å². The molecule has 0 aliphatic heterocycles. The third-order valence-corrected chi connectivity index (χ3v) is 2.13. The molecule has 5 nitrogen and oxygen atoms in total. The molecule has 0 aliphatic carbocycles. The quantitative estimate of drug-likeness (QED) is 0.694. The second kappa shape index (κ2) is 3.42. The van der Waals surface area contributed by atoms with E-state index in [1.165, 1.54) is 13.1 Å². The number of fused-ring (bicyclic) bond motifs is 1. The predicted molar refractivity (Wildman–Crippen MR) is 54.9 cm³/mol. The minimum atomic E-state index is -0.0222. The van der Waals surface area contributed by atoms with Crippen molar-refractivity contribution >= 4 is 11.6 Å².